The van der Waals surface area contributed by atoms with Gasteiger partial charge in [-0.05, 0) is 66.4 Å². The van der Waals surface area contributed by atoms with Crippen molar-refractivity contribution in [1.29, 1.82) is 0 Å². The number of nitrogens with zero attached hydrogens (tertiary/aromatic N) is 1. The highest BCUT2D eigenvalue weighted by molar-refractivity contribution is 7.98. The number of rotatable bonds is 11. The number of methoxy groups -OCH3 is 1. The Balaban J connectivity index is 0.00000226. The summed E-state index contributed by atoms with van der Waals surface area (Å²) < 4.78 is 26.4. The van der Waals surface area contributed by atoms with Crippen molar-refractivity contribution >= 4 is 34.7 Å². The number of esters is 1. The van der Waals surface area contributed by atoms with E-state index in [9.17, 15) is 9.59 Å². The van der Waals surface area contributed by atoms with Gasteiger partial charge < -0.3 is 29.2 Å². The van der Waals surface area contributed by atoms with Gasteiger partial charge in [-0.15, -0.1) is 0 Å². The number of aromatic nitrogens is 1. The van der Waals surface area contributed by atoms with E-state index in [1.165, 1.54) is 11.9 Å². The molecule has 0 radical (unpaired) electrons. The molecule has 1 amide bonds. The van der Waals surface area contributed by atoms with E-state index < -0.39 is 11.9 Å². The SMILES string of the molecule is C=CC1=C(/C=C/C(C(=O)NSc2ccc(C)cc2OC)c2cn(C)c3cc(C(=O)OCCN)ccc23)OCO1.CC. The van der Waals surface area contributed by atoms with Gasteiger partial charge in [-0.25, -0.2) is 4.79 Å². The van der Waals surface area contributed by atoms with Crippen LogP contribution in [-0.4, -0.2) is 43.5 Å². The molecule has 0 bridgehead atoms. The molecule has 3 aromatic rings. The summed E-state index contributed by atoms with van der Waals surface area (Å²) in [4.78, 5) is 26.8. The summed E-state index contributed by atoms with van der Waals surface area (Å²) >= 11 is 1.18. The number of nitrogens with two attached hydrogens (primary N) is 1. The Morgan fingerprint density at radius 1 is 1.20 bits per heavy atom. The third kappa shape index (κ3) is 7.53. The monoisotopic (exact) mass is 579 g/mol. The Bertz CT molecular complexity index is 1460. The highest BCUT2D eigenvalue weighted by Crippen LogP contribution is 2.33. The minimum atomic E-state index is -0.699. The Labute approximate surface area is 245 Å². The zero-order valence-electron chi connectivity index (χ0n) is 24.1. The fourth-order valence-electron chi connectivity index (χ4n) is 4.16. The van der Waals surface area contributed by atoms with Gasteiger partial charge in [0.2, 0.25) is 12.7 Å². The van der Waals surface area contributed by atoms with Crippen LogP contribution in [0.25, 0.3) is 10.9 Å². The second-order valence-electron chi connectivity index (χ2n) is 8.75. The van der Waals surface area contributed by atoms with Gasteiger partial charge in [0.05, 0.1) is 23.5 Å². The van der Waals surface area contributed by atoms with Crippen LogP contribution in [0.5, 0.6) is 5.75 Å². The number of amides is 1. The molecule has 1 aliphatic rings. The van der Waals surface area contributed by atoms with Crippen molar-refractivity contribution in [1.82, 2.24) is 9.29 Å². The number of ether oxygens (including phenoxy) is 4. The van der Waals surface area contributed by atoms with Gasteiger partial charge in [-0.1, -0.05) is 38.6 Å². The van der Waals surface area contributed by atoms with Crippen LogP contribution in [-0.2, 0) is 26.1 Å². The summed E-state index contributed by atoms with van der Waals surface area (Å²) in [5, 5.41) is 0.817. The van der Waals surface area contributed by atoms with Crippen LogP contribution >= 0.6 is 11.9 Å². The maximum Gasteiger partial charge on any atom is 0.338 e. The second-order valence-corrected chi connectivity index (χ2v) is 9.60. The summed E-state index contributed by atoms with van der Waals surface area (Å²) in [6, 6.07) is 11.0. The van der Waals surface area contributed by atoms with Gasteiger partial charge >= 0.3 is 5.97 Å². The van der Waals surface area contributed by atoms with Crippen LogP contribution in [0.15, 0.2) is 83.8 Å². The van der Waals surface area contributed by atoms with Crippen LogP contribution in [0.2, 0.25) is 0 Å². The molecule has 0 saturated heterocycles. The smallest absolute Gasteiger partial charge is 0.338 e. The number of allylic oxidation sites excluding steroid dienone is 2. The number of carbonyl (C=O) groups is 2. The molecule has 3 N–H and O–H groups in total. The third-order valence-electron chi connectivity index (χ3n) is 6.10. The molecule has 1 aromatic heterocycles. The molecule has 0 saturated carbocycles. The largest absolute Gasteiger partial charge is 0.496 e. The fourth-order valence-corrected chi connectivity index (χ4v) is 4.87. The zero-order chi connectivity index (χ0) is 29.9. The summed E-state index contributed by atoms with van der Waals surface area (Å²) in [6.45, 7) is 10.2. The molecule has 218 valence electrons. The topological polar surface area (TPSA) is 114 Å². The molecule has 41 heavy (non-hydrogen) atoms. The lowest BCUT2D eigenvalue weighted by atomic mass is 9.96. The second kappa shape index (κ2) is 15.0. The number of nitrogens with one attached hydrogen (secondary N) is 1. The predicted molar refractivity (Wildman–Crippen MR) is 161 cm³/mol. The standard InChI is InChI=1S/C29H31N3O6S.C2H6/c1-5-24-25(38-17-37-24)10-9-21(28(33)31-39-27-11-6-18(2)14-26(27)35-4)22-16-32(3)23-15-19(7-8-20(22)23)29(34)36-13-12-30;1-2/h5-11,14-16,21H,1,12-13,17,30H2,2-4H3,(H,31,33);1-2H3/b10-9+;. The Kier molecular flexibility index (Phi) is 11.5. The van der Waals surface area contributed by atoms with Crippen molar-refractivity contribution in [3.63, 3.8) is 0 Å². The number of benzene rings is 2. The van der Waals surface area contributed by atoms with Crippen LogP contribution in [0, 0.1) is 6.92 Å². The average Bonchev–Trinajstić information content (AvgIpc) is 3.59. The number of carbonyl (C=O) groups excluding carboxylic acids is 2. The molecule has 1 atom stereocenters. The van der Waals surface area contributed by atoms with E-state index in [-0.39, 0.29) is 25.9 Å². The van der Waals surface area contributed by atoms with Crippen molar-refractivity contribution in [2.45, 2.75) is 31.6 Å². The molecule has 2 aromatic carbocycles. The van der Waals surface area contributed by atoms with E-state index in [0.29, 0.717) is 22.8 Å². The molecule has 0 spiro atoms. The maximum absolute atomic E-state index is 13.7. The van der Waals surface area contributed by atoms with Crippen molar-refractivity contribution in [2.75, 3.05) is 27.1 Å². The number of hydrogen-bond donors (Lipinski definition) is 2. The maximum atomic E-state index is 13.7. The van der Waals surface area contributed by atoms with Crippen LogP contribution < -0.4 is 15.2 Å². The van der Waals surface area contributed by atoms with Gasteiger partial charge in [0.1, 0.15) is 12.4 Å². The Morgan fingerprint density at radius 3 is 2.66 bits per heavy atom. The van der Waals surface area contributed by atoms with Gasteiger partial charge in [0.15, 0.2) is 11.5 Å². The first kappa shape index (κ1) is 31.4. The molecule has 1 aliphatic heterocycles. The van der Waals surface area contributed by atoms with Crippen molar-refractivity contribution in [2.24, 2.45) is 12.8 Å². The lowest BCUT2D eigenvalue weighted by Gasteiger charge is -2.14. The molecule has 9 nitrogen and oxygen atoms in total. The van der Waals surface area contributed by atoms with Crippen molar-refractivity contribution in [3.05, 3.63) is 95.6 Å². The van der Waals surface area contributed by atoms with Crippen LogP contribution in [0.1, 0.15) is 41.3 Å². The first-order valence-electron chi connectivity index (χ1n) is 13.2. The van der Waals surface area contributed by atoms with E-state index in [2.05, 4.69) is 11.3 Å². The van der Waals surface area contributed by atoms with Crippen molar-refractivity contribution in [3.8, 4) is 5.75 Å². The van der Waals surface area contributed by atoms with E-state index in [1.807, 2.05) is 62.8 Å². The molecule has 1 unspecified atom stereocenters. The van der Waals surface area contributed by atoms with Crippen molar-refractivity contribution < 1.29 is 28.5 Å². The Hall–Kier alpha value is -4.15. The van der Waals surface area contributed by atoms with Crippen LogP contribution in [0.4, 0.5) is 0 Å². The van der Waals surface area contributed by atoms with Gasteiger partial charge in [-0.3, -0.25) is 9.52 Å². The molecule has 0 aliphatic carbocycles. The summed E-state index contributed by atoms with van der Waals surface area (Å²) in [5.74, 6) is 0.255. The number of hydrogen-bond acceptors (Lipinski definition) is 8. The zero-order valence-corrected chi connectivity index (χ0v) is 24.9. The van der Waals surface area contributed by atoms with E-state index in [4.69, 9.17) is 24.7 Å². The lowest BCUT2D eigenvalue weighted by molar-refractivity contribution is -0.119. The predicted octanol–water partition coefficient (Wildman–Crippen LogP) is 5.50. The van der Waals surface area contributed by atoms with E-state index >= 15 is 0 Å². The number of fused-ring (bicyclic) bond motifs is 1. The normalized spacial score (nSPS) is 13.2. The van der Waals surface area contributed by atoms with Gasteiger partial charge in [0, 0.05) is 30.7 Å². The van der Waals surface area contributed by atoms with E-state index in [1.54, 1.807) is 37.5 Å². The molecular weight excluding hydrogens is 542 g/mol. The highest BCUT2D eigenvalue weighted by Gasteiger charge is 2.24. The van der Waals surface area contributed by atoms with E-state index in [0.717, 1.165) is 26.9 Å². The minimum Gasteiger partial charge on any atom is -0.496 e. The molecular formula is C31H37N3O6S. The average molecular weight is 580 g/mol. The molecule has 4 rings (SSSR count). The minimum absolute atomic E-state index is 0.0816. The Morgan fingerprint density at radius 2 is 1.95 bits per heavy atom. The summed E-state index contributed by atoms with van der Waals surface area (Å²) in [6.07, 6.45) is 6.90. The third-order valence-corrected chi connectivity index (χ3v) is 6.96. The molecule has 2 heterocycles. The highest BCUT2D eigenvalue weighted by atomic mass is 32.2. The number of aryl methyl sites for hydroxylation is 2. The summed E-state index contributed by atoms with van der Waals surface area (Å²) in [5.41, 5.74) is 8.43. The van der Waals surface area contributed by atoms with Crippen LogP contribution in [0.3, 0.4) is 0 Å². The fraction of sp³-hybridized carbons (Fsp3) is 0.290. The summed E-state index contributed by atoms with van der Waals surface area (Å²) in [7, 11) is 3.45. The first-order chi connectivity index (χ1) is 19.9. The lowest BCUT2D eigenvalue weighted by Crippen LogP contribution is -2.23. The first-order valence-corrected chi connectivity index (χ1v) is 14.1. The van der Waals surface area contributed by atoms with Gasteiger partial charge in [0.25, 0.3) is 0 Å². The quantitative estimate of drug-likeness (QED) is 0.226. The molecule has 10 heteroatoms. The molecule has 0 fully saturated rings. The van der Waals surface area contributed by atoms with Gasteiger partial charge in [-0.2, -0.15) is 0 Å².